The highest BCUT2D eigenvalue weighted by atomic mass is 32.2. The van der Waals surface area contributed by atoms with Gasteiger partial charge >= 0.3 is 0 Å². The molecule has 0 saturated heterocycles. The van der Waals surface area contributed by atoms with Gasteiger partial charge in [0.2, 0.25) is 0 Å². The van der Waals surface area contributed by atoms with Crippen LogP contribution in [0.25, 0.3) is 0 Å². The predicted octanol–water partition coefficient (Wildman–Crippen LogP) is -0.411. The van der Waals surface area contributed by atoms with Crippen molar-refractivity contribution in [2.45, 2.75) is 25.3 Å². The Kier molecular flexibility index (Phi) is 1.74. The molecule has 4 nitrogen and oxygen atoms in total. The highest BCUT2D eigenvalue weighted by Gasteiger charge is 2.18. The molecule has 1 rings (SSSR count). The second-order valence-electron chi connectivity index (χ2n) is 2.20. The molecular formula is C4H8NO3S-. The average Bonchev–Trinajstić information content (AvgIpc) is 1.53. The summed E-state index contributed by atoms with van der Waals surface area (Å²) in [6, 6.07) is -0.0764. The second kappa shape index (κ2) is 2.24. The first-order chi connectivity index (χ1) is 4.08. The van der Waals surface area contributed by atoms with Crippen LogP contribution in [0.3, 0.4) is 0 Å². The van der Waals surface area contributed by atoms with E-state index in [2.05, 4.69) is 0 Å². The summed E-state index contributed by atoms with van der Waals surface area (Å²) in [7, 11) is -4.18. The van der Waals surface area contributed by atoms with Gasteiger partial charge in [-0.3, -0.25) is 0 Å². The van der Waals surface area contributed by atoms with Gasteiger partial charge in [0.15, 0.2) is 10.3 Å². The quantitative estimate of drug-likeness (QED) is 0.544. The van der Waals surface area contributed by atoms with Gasteiger partial charge in [0.1, 0.15) is 0 Å². The lowest BCUT2D eigenvalue weighted by atomic mass is 9.94. The monoisotopic (exact) mass is 150 g/mol. The molecule has 0 spiro atoms. The first-order valence-electron chi connectivity index (χ1n) is 2.81. The Labute approximate surface area is 54.1 Å². The molecule has 54 valence electrons. The molecule has 0 heterocycles. The molecular weight excluding hydrogens is 142 g/mol. The Morgan fingerprint density at radius 2 is 2.00 bits per heavy atom. The van der Waals surface area contributed by atoms with Crippen molar-refractivity contribution in [1.82, 2.24) is 4.72 Å². The Balaban J connectivity index is 2.33. The number of hydrogen-bond acceptors (Lipinski definition) is 3. The van der Waals surface area contributed by atoms with Crippen LogP contribution in [0.15, 0.2) is 0 Å². The molecule has 1 aliphatic carbocycles. The number of nitrogens with one attached hydrogen (secondary N) is 1. The van der Waals surface area contributed by atoms with E-state index in [0.717, 1.165) is 19.3 Å². The first kappa shape index (κ1) is 6.98. The number of rotatable bonds is 2. The molecule has 1 aliphatic rings. The second-order valence-corrected chi connectivity index (χ2v) is 3.34. The van der Waals surface area contributed by atoms with Crippen LogP contribution in [0, 0.1) is 0 Å². The van der Waals surface area contributed by atoms with E-state index < -0.39 is 10.3 Å². The van der Waals surface area contributed by atoms with E-state index in [1.807, 2.05) is 4.72 Å². The van der Waals surface area contributed by atoms with E-state index >= 15 is 0 Å². The summed E-state index contributed by atoms with van der Waals surface area (Å²) < 4.78 is 31.9. The lowest BCUT2D eigenvalue weighted by molar-refractivity contribution is 0.358. The minimum Gasteiger partial charge on any atom is -0.735 e. The van der Waals surface area contributed by atoms with Crippen LogP contribution in [0.5, 0.6) is 0 Å². The van der Waals surface area contributed by atoms with E-state index in [9.17, 15) is 13.0 Å². The molecule has 0 atom stereocenters. The van der Waals surface area contributed by atoms with Crippen molar-refractivity contribution in [1.29, 1.82) is 0 Å². The van der Waals surface area contributed by atoms with E-state index in [4.69, 9.17) is 0 Å². The fraction of sp³-hybridized carbons (Fsp3) is 1.00. The van der Waals surface area contributed by atoms with Gasteiger partial charge in [0.25, 0.3) is 0 Å². The summed E-state index contributed by atoms with van der Waals surface area (Å²) in [5.41, 5.74) is 0. The van der Waals surface area contributed by atoms with Crippen LogP contribution < -0.4 is 4.72 Å². The van der Waals surface area contributed by atoms with Crippen molar-refractivity contribution < 1.29 is 13.0 Å². The topological polar surface area (TPSA) is 69.2 Å². The van der Waals surface area contributed by atoms with Crippen LogP contribution in [0.4, 0.5) is 0 Å². The molecule has 1 saturated carbocycles. The Bertz CT molecular complexity index is 182. The molecule has 1 fully saturated rings. The largest absolute Gasteiger partial charge is 0.735 e. The van der Waals surface area contributed by atoms with E-state index in [-0.39, 0.29) is 6.04 Å². The zero-order chi connectivity index (χ0) is 6.91. The van der Waals surface area contributed by atoms with E-state index in [1.54, 1.807) is 0 Å². The maximum atomic E-state index is 9.97. The van der Waals surface area contributed by atoms with Gasteiger partial charge in [0.05, 0.1) is 0 Å². The molecule has 0 aromatic heterocycles. The van der Waals surface area contributed by atoms with Crippen LogP contribution in [0.1, 0.15) is 19.3 Å². The molecule has 0 bridgehead atoms. The fourth-order valence-electron chi connectivity index (χ4n) is 0.730. The third-order valence-electron chi connectivity index (χ3n) is 1.42. The molecule has 9 heavy (non-hydrogen) atoms. The highest BCUT2D eigenvalue weighted by molar-refractivity contribution is 7.83. The molecule has 1 N–H and O–H groups in total. The maximum absolute atomic E-state index is 9.97. The van der Waals surface area contributed by atoms with Gasteiger partial charge in [-0.15, -0.1) is 0 Å². The molecule has 0 radical (unpaired) electrons. The van der Waals surface area contributed by atoms with Gasteiger partial charge in [0, 0.05) is 6.04 Å². The third-order valence-corrected chi connectivity index (χ3v) is 2.04. The van der Waals surface area contributed by atoms with Gasteiger partial charge in [-0.25, -0.2) is 13.1 Å². The van der Waals surface area contributed by atoms with Crippen molar-refractivity contribution in [2.24, 2.45) is 0 Å². The molecule has 0 aromatic carbocycles. The van der Waals surface area contributed by atoms with Gasteiger partial charge in [-0.05, 0) is 12.8 Å². The van der Waals surface area contributed by atoms with Gasteiger partial charge < -0.3 is 4.55 Å². The van der Waals surface area contributed by atoms with Crippen molar-refractivity contribution >= 4 is 10.3 Å². The van der Waals surface area contributed by atoms with E-state index in [0.29, 0.717) is 0 Å². The van der Waals surface area contributed by atoms with Crippen LogP contribution in [0.2, 0.25) is 0 Å². The molecule has 0 amide bonds. The zero-order valence-corrected chi connectivity index (χ0v) is 5.65. The number of hydrogen-bond donors (Lipinski definition) is 1. The third kappa shape index (κ3) is 2.30. The minimum atomic E-state index is -4.18. The van der Waals surface area contributed by atoms with Crippen molar-refractivity contribution in [3.63, 3.8) is 0 Å². The molecule has 0 aliphatic heterocycles. The molecule has 0 unspecified atom stereocenters. The summed E-state index contributed by atoms with van der Waals surface area (Å²) >= 11 is 0. The van der Waals surface area contributed by atoms with Crippen molar-refractivity contribution in [2.75, 3.05) is 0 Å². The summed E-state index contributed by atoms with van der Waals surface area (Å²) in [6.07, 6.45) is 2.64. The minimum absolute atomic E-state index is 0.0764. The van der Waals surface area contributed by atoms with Gasteiger partial charge in [-0.2, -0.15) is 0 Å². The first-order valence-corrected chi connectivity index (χ1v) is 4.22. The van der Waals surface area contributed by atoms with Crippen LogP contribution >= 0.6 is 0 Å². The average molecular weight is 150 g/mol. The normalized spacial score (nSPS) is 21.4. The summed E-state index contributed by atoms with van der Waals surface area (Å²) in [5.74, 6) is 0. The Hall–Kier alpha value is -0.130. The fourth-order valence-corrected chi connectivity index (χ4v) is 1.37. The lowest BCUT2D eigenvalue weighted by Crippen LogP contribution is -2.39. The standard InChI is InChI=1S/C4H9NO3S/c6-9(7,8)5-4-2-1-3-4/h4-5H,1-3H2,(H,6,7,8)/p-1. The summed E-state index contributed by atoms with van der Waals surface area (Å²) in [4.78, 5) is 0. The maximum Gasteiger partial charge on any atom is 0.159 e. The predicted molar refractivity (Wildman–Crippen MR) is 30.5 cm³/mol. The Morgan fingerprint density at radius 3 is 2.11 bits per heavy atom. The summed E-state index contributed by atoms with van der Waals surface area (Å²) in [6.45, 7) is 0. The van der Waals surface area contributed by atoms with Crippen LogP contribution in [-0.4, -0.2) is 19.0 Å². The summed E-state index contributed by atoms with van der Waals surface area (Å²) in [5, 5.41) is 0. The van der Waals surface area contributed by atoms with Gasteiger partial charge in [-0.1, -0.05) is 6.42 Å². The smallest absolute Gasteiger partial charge is 0.159 e. The SMILES string of the molecule is O=S(=O)([O-])NC1CCC1. The zero-order valence-electron chi connectivity index (χ0n) is 4.83. The lowest BCUT2D eigenvalue weighted by Gasteiger charge is -2.27. The van der Waals surface area contributed by atoms with Crippen molar-refractivity contribution in [3.05, 3.63) is 0 Å². The Morgan fingerprint density at radius 1 is 1.44 bits per heavy atom. The van der Waals surface area contributed by atoms with Crippen molar-refractivity contribution in [3.8, 4) is 0 Å². The molecule has 0 aromatic rings. The van der Waals surface area contributed by atoms with E-state index in [1.165, 1.54) is 0 Å². The highest BCUT2D eigenvalue weighted by Crippen LogP contribution is 2.18. The molecule has 5 heteroatoms. The van der Waals surface area contributed by atoms with Crippen LogP contribution in [-0.2, 0) is 10.3 Å².